The van der Waals surface area contributed by atoms with Crippen LogP contribution in [0.4, 0.5) is 4.79 Å². The van der Waals surface area contributed by atoms with E-state index in [1.165, 1.54) is 26.0 Å². The quantitative estimate of drug-likeness (QED) is 0.0256. The number of phenolic OH excluding ortho intramolecular Hbond substituents is 1. The first-order valence-electron chi connectivity index (χ1n) is 17.9. The molecule has 0 unspecified atom stereocenters. The first-order chi connectivity index (χ1) is 25.7. The van der Waals surface area contributed by atoms with Crippen molar-refractivity contribution in [3.63, 3.8) is 0 Å². The van der Waals surface area contributed by atoms with Crippen LogP contribution in [0.3, 0.4) is 0 Å². The van der Waals surface area contributed by atoms with E-state index >= 15 is 0 Å². The Bertz CT molecular complexity index is 2010. The summed E-state index contributed by atoms with van der Waals surface area (Å²) in [6.45, 7) is 12.6. The fraction of sp³-hybridized carbons (Fsp3) is 0.474. The number of amides is 1. The van der Waals surface area contributed by atoms with Gasteiger partial charge in [0.25, 0.3) is 5.91 Å². The van der Waals surface area contributed by atoms with Gasteiger partial charge in [-0.05, 0) is 94.8 Å². The molecule has 0 aromatic heterocycles. The topological polar surface area (TPSA) is 236 Å². The Morgan fingerprint density at radius 2 is 1.95 bits per heavy atom. The van der Waals surface area contributed by atoms with Crippen molar-refractivity contribution >= 4 is 56.6 Å². The molecule has 298 valence electrons. The second kappa shape index (κ2) is 17.8. The number of Topliss-reactive ketones (excluding diaryl/α,β-unsaturated/α-hetero) is 1. The number of rotatable bonds is 17. The summed E-state index contributed by atoms with van der Waals surface area (Å²) in [5, 5.41) is 23.7. The molecule has 5 N–H and O–H groups in total. The van der Waals surface area contributed by atoms with Gasteiger partial charge in [0.15, 0.2) is 11.5 Å². The lowest BCUT2D eigenvalue weighted by atomic mass is 9.73. The fourth-order valence-corrected chi connectivity index (χ4v) is 7.85. The Morgan fingerprint density at radius 3 is 2.55 bits per heavy atom. The zero-order valence-corrected chi connectivity index (χ0v) is 33.2. The van der Waals surface area contributed by atoms with Crippen LogP contribution < -0.4 is 10.5 Å². The van der Waals surface area contributed by atoms with Crippen LogP contribution in [0.25, 0.3) is 0 Å². The van der Waals surface area contributed by atoms with E-state index in [1.807, 2.05) is 13.8 Å². The number of benzene rings is 1. The highest BCUT2D eigenvalue weighted by Gasteiger charge is 2.50. The van der Waals surface area contributed by atoms with Crippen LogP contribution in [0.2, 0.25) is 0 Å². The lowest BCUT2D eigenvalue weighted by Gasteiger charge is -2.38. The van der Waals surface area contributed by atoms with Gasteiger partial charge >= 0.3 is 21.6 Å². The Balaban J connectivity index is 1.59. The van der Waals surface area contributed by atoms with E-state index in [9.17, 15) is 42.4 Å². The molecule has 3 aliphatic rings. The number of carboxylic acid groups (broad SMARTS) is 1. The molecule has 1 fully saturated rings. The zero-order chi connectivity index (χ0) is 40.8. The molecule has 2 aliphatic heterocycles. The lowest BCUT2D eigenvalue weighted by molar-refractivity contribution is -0.161. The van der Waals surface area contributed by atoms with Gasteiger partial charge < -0.3 is 25.5 Å². The van der Waals surface area contributed by atoms with Crippen molar-refractivity contribution in [2.75, 3.05) is 5.75 Å². The van der Waals surface area contributed by atoms with E-state index in [-0.39, 0.29) is 57.0 Å². The monoisotopic (exact) mass is 800 g/mol. The van der Waals surface area contributed by atoms with Gasteiger partial charge in [0.2, 0.25) is 5.60 Å². The number of aliphatic carboxylic acids is 1. The third-order valence-electron chi connectivity index (χ3n) is 9.52. The Kier molecular flexibility index (Phi) is 13.9. The van der Waals surface area contributed by atoms with Crippen molar-refractivity contribution in [3.8, 4) is 11.5 Å². The number of nitrogens with zero attached hydrogens (tertiary/aromatic N) is 3. The van der Waals surface area contributed by atoms with Gasteiger partial charge in [0.05, 0.1) is 11.6 Å². The largest absolute Gasteiger partial charge is 0.507 e. The van der Waals surface area contributed by atoms with Crippen LogP contribution in [-0.4, -0.2) is 73.4 Å². The van der Waals surface area contributed by atoms with Gasteiger partial charge in [0, 0.05) is 35.8 Å². The molecule has 55 heavy (non-hydrogen) atoms. The molecule has 1 aromatic rings. The zero-order valence-electron chi connectivity index (χ0n) is 31.5. The summed E-state index contributed by atoms with van der Waals surface area (Å²) in [6, 6.07) is 3.45. The van der Waals surface area contributed by atoms with Gasteiger partial charge in [-0.25, -0.2) is 14.6 Å². The highest BCUT2D eigenvalue weighted by atomic mass is 32.2. The standard InChI is InChI=1S/C38H48N4O11S2/c1-7-8-9-10-23-18-29(43)33(25-17-22(4)11-12-24(25)21(2)3)31(19-23)52-37(48)54-16-15-28-26(35(45)42(28)55(49,50)51)20-30(44)34(27-13-14-32(39)40-27)41-53-38(5,6)36(46)47/h13,15,17-19,24-26,43H,2,7-12,14,16,20H2,1,3-6H3,(H2,39,40)(H,46,47)(H,49,50,51)/b28-15+,41-34-/t24-,25+,26-/m0/s1. The number of aryl methyl sites for hydroxylation is 1. The van der Waals surface area contributed by atoms with Crippen LogP contribution in [0.1, 0.15) is 96.6 Å². The van der Waals surface area contributed by atoms with Gasteiger partial charge in [-0.2, -0.15) is 12.7 Å². The predicted molar refractivity (Wildman–Crippen MR) is 208 cm³/mol. The summed E-state index contributed by atoms with van der Waals surface area (Å²) in [4.78, 5) is 60.6. The molecule has 4 rings (SSSR count). The molecular weight excluding hydrogens is 753 g/mol. The molecule has 1 saturated heterocycles. The van der Waals surface area contributed by atoms with E-state index in [1.54, 1.807) is 12.1 Å². The number of hydrogen-bond acceptors (Lipinski definition) is 13. The lowest BCUT2D eigenvalue weighted by Crippen LogP contribution is -2.53. The Hall–Kier alpha value is -4.74. The van der Waals surface area contributed by atoms with E-state index in [0.717, 1.165) is 48.8 Å². The SMILES string of the molecule is C=C(C)[C@@H]1CCC(C)=C[C@H]1c1c(O)cc(CCCCC)cc1OC(=O)SC/C=C1\[C@H](CC(=O)/C(=N\OC(C)(C)C(=O)O)C2=CCC(N)=N2)C(=O)N1S(=O)(=O)O. The molecule has 0 bridgehead atoms. The molecule has 0 spiro atoms. The number of aliphatic imine (C=N–C) groups is 1. The third-order valence-corrected chi connectivity index (χ3v) is 11.0. The summed E-state index contributed by atoms with van der Waals surface area (Å²) >= 11 is 0.629. The number of carboxylic acids is 1. The molecule has 0 saturated carbocycles. The number of hydrogen-bond donors (Lipinski definition) is 4. The number of allylic oxidation sites excluding steroid dienone is 4. The molecule has 2 heterocycles. The van der Waals surface area contributed by atoms with Crippen LogP contribution >= 0.6 is 11.8 Å². The van der Waals surface area contributed by atoms with Crippen LogP contribution in [0, 0.1) is 11.8 Å². The number of nitrogens with two attached hydrogens (primary N) is 1. The van der Waals surface area contributed by atoms with Crippen molar-refractivity contribution in [1.29, 1.82) is 0 Å². The molecular formula is C38H48N4O11S2. The van der Waals surface area contributed by atoms with Crippen molar-refractivity contribution in [3.05, 3.63) is 70.6 Å². The number of β-lactam (4-membered cyclic amide) rings is 1. The molecule has 17 heteroatoms. The summed E-state index contributed by atoms with van der Waals surface area (Å²) in [5.74, 6) is -4.97. The van der Waals surface area contributed by atoms with Crippen molar-refractivity contribution in [2.24, 2.45) is 27.7 Å². The normalized spacial score (nSPS) is 21.1. The van der Waals surface area contributed by atoms with Crippen molar-refractivity contribution < 1.29 is 51.9 Å². The predicted octanol–water partition coefficient (Wildman–Crippen LogP) is 6.36. The maximum absolute atomic E-state index is 13.5. The number of unbranched alkanes of at least 4 members (excludes halogenated alkanes) is 2. The summed E-state index contributed by atoms with van der Waals surface area (Å²) in [7, 11) is -5.10. The van der Waals surface area contributed by atoms with E-state index in [4.69, 9.17) is 15.3 Å². The number of carbonyl (C=O) groups is 4. The summed E-state index contributed by atoms with van der Waals surface area (Å²) < 4.78 is 40.1. The minimum absolute atomic E-state index is 0.00280. The molecule has 3 atom stereocenters. The van der Waals surface area contributed by atoms with Gasteiger partial charge in [-0.15, -0.1) is 0 Å². The van der Waals surface area contributed by atoms with Crippen LogP contribution in [0.15, 0.2) is 69.6 Å². The van der Waals surface area contributed by atoms with Gasteiger partial charge in [0.1, 0.15) is 17.3 Å². The van der Waals surface area contributed by atoms with Crippen molar-refractivity contribution in [1.82, 2.24) is 4.31 Å². The van der Waals surface area contributed by atoms with Gasteiger partial charge in [-0.3, -0.25) is 14.1 Å². The third kappa shape index (κ3) is 10.5. The maximum atomic E-state index is 13.5. The van der Waals surface area contributed by atoms with Crippen molar-refractivity contribution in [2.45, 2.75) is 97.5 Å². The van der Waals surface area contributed by atoms with Crippen LogP contribution in [0.5, 0.6) is 11.5 Å². The Morgan fingerprint density at radius 1 is 1.24 bits per heavy atom. The number of ether oxygens (including phenoxy) is 1. The molecule has 1 aliphatic carbocycles. The van der Waals surface area contributed by atoms with Crippen LogP contribution in [-0.2, 0) is 35.9 Å². The number of thioether (sulfide) groups is 1. The first-order valence-corrected chi connectivity index (χ1v) is 20.2. The average Bonchev–Trinajstić information content (AvgIpc) is 3.51. The minimum Gasteiger partial charge on any atom is -0.507 e. The number of ketones is 1. The highest BCUT2D eigenvalue weighted by Crippen LogP contribution is 2.47. The first kappa shape index (κ1) is 43.0. The average molecular weight is 801 g/mol. The molecule has 15 nitrogen and oxygen atoms in total. The molecule has 0 radical (unpaired) electrons. The summed E-state index contributed by atoms with van der Waals surface area (Å²) in [6.07, 6.45) is 9.38. The molecule has 1 amide bonds. The summed E-state index contributed by atoms with van der Waals surface area (Å²) in [5.41, 5.74) is 6.45. The Labute approximate surface area is 325 Å². The number of oxime groups is 1. The minimum atomic E-state index is -5.10. The number of aromatic hydroxyl groups is 1. The van der Waals surface area contributed by atoms with Gasteiger partial charge in [-0.1, -0.05) is 54.8 Å². The fourth-order valence-electron chi connectivity index (χ4n) is 6.48. The maximum Gasteiger partial charge on any atom is 0.373 e. The van der Waals surface area contributed by atoms with E-state index in [2.05, 4.69) is 29.7 Å². The second-order valence-corrected chi connectivity index (χ2v) is 16.5. The smallest absolute Gasteiger partial charge is 0.373 e. The van der Waals surface area contributed by atoms with E-state index in [0.29, 0.717) is 23.7 Å². The number of phenols is 1. The highest BCUT2D eigenvalue weighted by molar-refractivity contribution is 8.13. The number of amidine groups is 1. The second-order valence-electron chi connectivity index (χ2n) is 14.3. The molecule has 1 aromatic carbocycles. The number of carbonyl (C=O) groups excluding carboxylic acids is 3. The van der Waals surface area contributed by atoms with E-state index < -0.39 is 56.9 Å².